The molecule has 3 N–H and O–H groups in total. The molecule has 19 heavy (non-hydrogen) atoms. The van der Waals surface area contributed by atoms with Gasteiger partial charge >= 0.3 is 6.18 Å². The van der Waals surface area contributed by atoms with Gasteiger partial charge in [-0.15, -0.1) is 0 Å². The molecule has 0 saturated heterocycles. The average molecular weight is 274 g/mol. The van der Waals surface area contributed by atoms with Crippen LogP contribution in [0.1, 0.15) is 38.4 Å². The van der Waals surface area contributed by atoms with E-state index in [1.165, 1.54) is 6.07 Å². The molecule has 106 valence electrons. The number of hydrogen-bond donors (Lipinski definition) is 2. The summed E-state index contributed by atoms with van der Waals surface area (Å²) in [5, 5.41) is 3.03. The van der Waals surface area contributed by atoms with E-state index in [4.69, 9.17) is 5.73 Å². The first-order chi connectivity index (χ1) is 8.84. The third-order valence-electron chi connectivity index (χ3n) is 3.29. The first kappa shape index (κ1) is 13.9. The molecular weight excluding hydrogens is 257 g/mol. The molecule has 0 spiro atoms. The molecule has 0 amide bonds. The highest BCUT2D eigenvalue weighted by atomic mass is 19.4. The number of hydrogen-bond acceptors (Lipinski definition) is 4. The quantitative estimate of drug-likeness (QED) is 0.870. The van der Waals surface area contributed by atoms with Crippen molar-refractivity contribution < 1.29 is 13.2 Å². The van der Waals surface area contributed by atoms with Crippen LogP contribution in [0, 0.1) is 5.92 Å². The van der Waals surface area contributed by atoms with Crippen LogP contribution in [0.2, 0.25) is 0 Å². The molecule has 2 rings (SSSR count). The van der Waals surface area contributed by atoms with Crippen LogP contribution in [0.5, 0.6) is 0 Å². The lowest BCUT2D eigenvalue weighted by Gasteiger charge is -2.28. The van der Waals surface area contributed by atoms with Gasteiger partial charge in [0.2, 0.25) is 5.82 Å². The second-order valence-electron chi connectivity index (χ2n) is 5.11. The molecule has 0 radical (unpaired) electrons. The number of aromatic nitrogens is 2. The number of nitrogens with two attached hydrogens (primary N) is 1. The molecule has 1 saturated carbocycles. The highest BCUT2D eigenvalue weighted by Crippen LogP contribution is 2.29. The molecule has 1 heterocycles. The maximum absolute atomic E-state index is 12.6. The fraction of sp³-hybridized carbons (Fsp3) is 0.667. The maximum Gasteiger partial charge on any atom is 0.451 e. The minimum Gasteiger partial charge on any atom is -0.384 e. The summed E-state index contributed by atoms with van der Waals surface area (Å²) in [6.45, 7) is 2.14. The molecule has 1 fully saturated rings. The van der Waals surface area contributed by atoms with Crippen molar-refractivity contribution >= 4 is 11.6 Å². The van der Waals surface area contributed by atoms with Crippen molar-refractivity contribution in [3.63, 3.8) is 0 Å². The van der Waals surface area contributed by atoms with Crippen molar-refractivity contribution in [3.05, 3.63) is 11.9 Å². The zero-order chi connectivity index (χ0) is 14.0. The van der Waals surface area contributed by atoms with Crippen molar-refractivity contribution in [1.82, 2.24) is 9.97 Å². The summed E-state index contributed by atoms with van der Waals surface area (Å²) in [6.07, 6.45) is -0.462. The number of nitrogens with one attached hydrogen (secondary N) is 1. The van der Waals surface area contributed by atoms with Crippen LogP contribution in [0.15, 0.2) is 6.07 Å². The standard InChI is InChI=1S/C12H17F3N4/c1-7-3-2-4-8(5-7)17-10-6-9(16)18-11(19-10)12(13,14)15/h6-8H,2-5H2,1H3,(H3,16,17,18,19). The maximum atomic E-state index is 12.6. The van der Waals surface area contributed by atoms with Gasteiger partial charge in [0, 0.05) is 12.1 Å². The fourth-order valence-corrected chi connectivity index (χ4v) is 2.44. The van der Waals surface area contributed by atoms with Crippen LogP contribution in [0.25, 0.3) is 0 Å². The van der Waals surface area contributed by atoms with Gasteiger partial charge in [0.05, 0.1) is 0 Å². The van der Waals surface area contributed by atoms with Crippen molar-refractivity contribution in [2.24, 2.45) is 5.92 Å². The van der Waals surface area contributed by atoms with Crippen molar-refractivity contribution in [2.45, 2.75) is 44.8 Å². The second kappa shape index (κ2) is 5.22. The summed E-state index contributed by atoms with van der Waals surface area (Å²) in [6, 6.07) is 1.49. The molecular formula is C12H17F3N4. The molecule has 2 atom stereocenters. The Morgan fingerprint density at radius 1 is 1.32 bits per heavy atom. The summed E-state index contributed by atoms with van der Waals surface area (Å²) in [7, 11) is 0. The predicted octanol–water partition coefficient (Wildman–Crippen LogP) is 3.07. The van der Waals surface area contributed by atoms with Crippen molar-refractivity contribution in [1.29, 1.82) is 0 Å². The van der Waals surface area contributed by atoms with Gasteiger partial charge in [-0.2, -0.15) is 13.2 Å². The highest BCUT2D eigenvalue weighted by Gasteiger charge is 2.35. The second-order valence-corrected chi connectivity index (χ2v) is 5.11. The average Bonchev–Trinajstić information content (AvgIpc) is 2.26. The Bertz CT molecular complexity index is 447. The molecule has 2 unspecified atom stereocenters. The van der Waals surface area contributed by atoms with Crippen LogP contribution in [-0.2, 0) is 6.18 Å². The molecule has 1 aromatic rings. The Morgan fingerprint density at radius 3 is 2.68 bits per heavy atom. The van der Waals surface area contributed by atoms with Gasteiger partial charge in [-0.1, -0.05) is 19.8 Å². The molecule has 7 heteroatoms. The molecule has 4 nitrogen and oxygen atoms in total. The van der Waals surface area contributed by atoms with Crippen molar-refractivity contribution in [3.8, 4) is 0 Å². The van der Waals surface area contributed by atoms with E-state index in [1.54, 1.807) is 0 Å². The van der Waals surface area contributed by atoms with E-state index in [-0.39, 0.29) is 17.7 Å². The van der Waals surface area contributed by atoms with Crippen LogP contribution >= 0.6 is 0 Å². The predicted molar refractivity (Wildman–Crippen MR) is 66.5 cm³/mol. The topological polar surface area (TPSA) is 63.8 Å². The zero-order valence-corrected chi connectivity index (χ0v) is 10.7. The third kappa shape index (κ3) is 3.71. The summed E-state index contributed by atoms with van der Waals surface area (Å²) in [4.78, 5) is 6.71. The van der Waals surface area contributed by atoms with Crippen molar-refractivity contribution in [2.75, 3.05) is 11.1 Å². The molecule has 1 aromatic heterocycles. The first-order valence-electron chi connectivity index (χ1n) is 6.33. The number of nitrogens with zero attached hydrogens (tertiary/aromatic N) is 2. The number of anilines is 2. The van der Waals surface area contributed by atoms with Crippen LogP contribution in [-0.4, -0.2) is 16.0 Å². The van der Waals surface area contributed by atoms with Gasteiger partial charge in [0.15, 0.2) is 0 Å². The lowest BCUT2D eigenvalue weighted by molar-refractivity contribution is -0.144. The smallest absolute Gasteiger partial charge is 0.384 e. The SMILES string of the molecule is CC1CCCC(Nc2cc(N)nc(C(F)(F)F)n2)C1. The van der Waals surface area contributed by atoms with Crippen LogP contribution in [0.3, 0.4) is 0 Å². The number of alkyl halides is 3. The molecule has 0 aromatic carbocycles. The van der Waals surface area contributed by atoms with Gasteiger partial charge in [0.1, 0.15) is 11.6 Å². The first-order valence-corrected chi connectivity index (χ1v) is 6.33. The normalized spacial score (nSPS) is 24.2. The Balaban J connectivity index is 2.14. The fourth-order valence-electron chi connectivity index (χ4n) is 2.44. The minimum atomic E-state index is -4.58. The Morgan fingerprint density at radius 2 is 2.05 bits per heavy atom. The third-order valence-corrected chi connectivity index (χ3v) is 3.29. The largest absolute Gasteiger partial charge is 0.451 e. The summed E-state index contributed by atoms with van der Waals surface area (Å²) < 4.78 is 37.7. The Kier molecular flexibility index (Phi) is 3.82. The van der Waals surface area contributed by atoms with E-state index in [9.17, 15) is 13.2 Å². The molecule has 0 aliphatic heterocycles. The Labute approximate surface area is 109 Å². The molecule has 1 aliphatic carbocycles. The van der Waals surface area contributed by atoms with Crippen LogP contribution in [0.4, 0.5) is 24.8 Å². The summed E-state index contributed by atoms with van der Waals surface area (Å²) in [5.74, 6) is -0.640. The number of rotatable bonds is 2. The lowest BCUT2D eigenvalue weighted by Crippen LogP contribution is -2.27. The van der Waals surface area contributed by atoms with Gasteiger partial charge in [-0.25, -0.2) is 9.97 Å². The van der Waals surface area contributed by atoms with E-state index in [2.05, 4.69) is 22.2 Å². The highest BCUT2D eigenvalue weighted by molar-refractivity contribution is 5.45. The van der Waals surface area contributed by atoms with Gasteiger partial charge in [0.25, 0.3) is 0 Å². The molecule has 1 aliphatic rings. The van der Waals surface area contributed by atoms with E-state index < -0.39 is 12.0 Å². The Hall–Kier alpha value is -1.53. The van der Waals surface area contributed by atoms with E-state index >= 15 is 0 Å². The monoisotopic (exact) mass is 274 g/mol. The van der Waals surface area contributed by atoms with E-state index in [1.807, 2.05) is 0 Å². The van der Waals surface area contributed by atoms with E-state index in [0.29, 0.717) is 5.92 Å². The number of nitrogen functional groups attached to an aromatic ring is 1. The van der Waals surface area contributed by atoms with Gasteiger partial charge in [-0.05, 0) is 18.8 Å². The number of halogens is 3. The zero-order valence-electron chi connectivity index (χ0n) is 10.7. The van der Waals surface area contributed by atoms with Crippen LogP contribution < -0.4 is 11.1 Å². The minimum absolute atomic E-state index is 0.152. The summed E-state index contributed by atoms with van der Waals surface area (Å²) in [5.41, 5.74) is 5.40. The van der Waals surface area contributed by atoms with Gasteiger partial charge < -0.3 is 11.1 Å². The van der Waals surface area contributed by atoms with Gasteiger partial charge in [-0.3, -0.25) is 0 Å². The molecule has 0 bridgehead atoms. The summed E-state index contributed by atoms with van der Waals surface area (Å²) >= 11 is 0. The lowest BCUT2D eigenvalue weighted by atomic mass is 9.87. The van der Waals surface area contributed by atoms with E-state index in [0.717, 1.165) is 25.7 Å².